The SMILES string of the molecule is CCN(CC(=O)N1CCc2sccc2[C@@H]1COc1ccc(C)cc1C)C(=O)c1ccco1. The number of benzene rings is 1. The van der Waals surface area contributed by atoms with Gasteiger partial charge in [0, 0.05) is 18.0 Å². The second kappa shape index (κ2) is 9.61. The van der Waals surface area contributed by atoms with E-state index in [1.54, 1.807) is 23.5 Å². The molecule has 32 heavy (non-hydrogen) atoms. The van der Waals surface area contributed by atoms with Crippen LogP contribution in [0.15, 0.2) is 52.5 Å². The summed E-state index contributed by atoms with van der Waals surface area (Å²) in [5.41, 5.74) is 3.40. The predicted molar refractivity (Wildman–Crippen MR) is 124 cm³/mol. The van der Waals surface area contributed by atoms with E-state index in [9.17, 15) is 9.59 Å². The lowest BCUT2D eigenvalue weighted by Gasteiger charge is -2.37. The lowest BCUT2D eigenvalue weighted by atomic mass is 10.00. The molecule has 6 nitrogen and oxygen atoms in total. The number of likely N-dealkylation sites (N-methyl/N-ethyl adjacent to an activating group) is 1. The Hall–Kier alpha value is -3.06. The van der Waals surface area contributed by atoms with Gasteiger partial charge in [-0.25, -0.2) is 0 Å². The minimum absolute atomic E-state index is 0.00949. The summed E-state index contributed by atoms with van der Waals surface area (Å²) in [4.78, 5) is 30.7. The molecule has 1 aliphatic rings. The first-order chi connectivity index (χ1) is 15.5. The third kappa shape index (κ3) is 4.58. The number of rotatable bonds is 7. The molecule has 1 atom stereocenters. The van der Waals surface area contributed by atoms with Crippen LogP contribution < -0.4 is 4.74 Å². The zero-order chi connectivity index (χ0) is 22.7. The molecule has 0 radical (unpaired) electrons. The van der Waals surface area contributed by atoms with Crippen molar-refractivity contribution in [3.05, 3.63) is 75.4 Å². The molecule has 0 fully saturated rings. The van der Waals surface area contributed by atoms with Crippen LogP contribution in [0.25, 0.3) is 0 Å². The first-order valence-electron chi connectivity index (χ1n) is 10.9. The maximum absolute atomic E-state index is 13.4. The second-order valence-corrected chi connectivity index (χ2v) is 9.03. The highest BCUT2D eigenvalue weighted by Gasteiger charge is 2.33. The van der Waals surface area contributed by atoms with Crippen molar-refractivity contribution >= 4 is 23.2 Å². The summed E-state index contributed by atoms with van der Waals surface area (Å²) in [7, 11) is 0. The molecule has 0 saturated carbocycles. The monoisotopic (exact) mass is 452 g/mol. The normalized spacial score (nSPS) is 15.3. The molecule has 0 bridgehead atoms. The Morgan fingerprint density at radius 3 is 2.81 bits per heavy atom. The molecule has 0 saturated heterocycles. The van der Waals surface area contributed by atoms with E-state index in [1.807, 2.05) is 30.9 Å². The zero-order valence-electron chi connectivity index (χ0n) is 18.7. The molecule has 168 valence electrons. The van der Waals surface area contributed by atoms with Crippen LogP contribution in [0.2, 0.25) is 0 Å². The Morgan fingerprint density at radius 1 is 1.25 bits per heavy atom. The number of amides is 2. The summed E-state index contributed by atoms with van der Waals surface area (Å²) >= 11 is 1.72. The Kier molecular flexibility index (Phi) is 6.65. The number of carbonyl (C=O) groups is 2. The molecule has 1 aromatic carbocycles. The molecule has 3 aromatic rings. The summed E-state index contributed by atoms with van der Waals surface area (Å²) < 4.78 is 11.4. The van der Waals surface area contributed by atoms with Crippen molar-refractivity contribution in [3.8, 4) is 5.75 Å². The number of furan rings is 1. The molecule has 7 heteroatoms. The van der Waals surface area contributed by atoms with Crippen molar-refractivity contribution in [1.29, 1.82) is 0 Å². The van der Waals surface area contributed by atoms with Crippen LogP contribution in [0.4, 0.5) is 0 Å². The third-order valence-electron chi connectivity index (χ3n) is 5.87. The Bertz CT molecular complexity index is 1090. The first-order valence-corrected chi connectivity index (χ1v) is 11.7. The van der Waals surface area contributed by atoms with E-state index in [2.05, 4.69) is 24.4 Å². The molecular weight excluding hydrogens is 424 g/mol. The highest BCUT2D eigenvalue weighted by atomic mass is 32.1. The van der Waals surface area contributed by atoms with Gasteiger partial charge in [0.15, 0.2) is 5.76 Å². The summed E-state index contributed by atoms with van der Waals surface area (Å²) in [6.45, 7) is 7.36. The van der Waals surface area contributed by atoms with Crippen LogP contribution in [0, 0.1) is 13.8 Å². The summed E-state index contributed by atoms with van der Waals surface area (Å²) in [6, 6.07) is 11.3. The number of fused-ring (bicyclic) bond motifs is 1. The van der Waals surface area contributed by atoms with Gasteiger partial charge in [0.25, 0.3) is 5.91 Å². The number of carbonyl (C=O) groups excluding carboxylic acids is 2. The average molecular weight is 453 g/mol. The minimum atomic E-state index is -0.276. The van der Waals surface area contributed by atoms with Crippen LogP contribution in [-0.2, 0) is 11.2 Å². The molecular formula is C25H28N2O4S. The van der Waals surface area contributed by atoms with E-state index < -0.39 is 0 Å². The highest BCUT2D eigenvalue weighted by Crippen LogP contribution is 2.34. The Balaban J connectivity index is 1.51. The van der Waals surface area contributed by atoms with Gasteiger partial charge in [-0.15, -0.1) is 11.3 Å². The zero-order valence-corrected chi connectivity index (χ0v) is 19.5. The standard InChI is InChI=1S/C25H28N2O4S/c1-4-26(25(29)22-6-5-12-30-22)15-24(28)27-11-9-23-19(10-13-32-23)20(27)16-31-21-8-7-17(2)14-18(21)3/h5-8,10,12-14,20H,4,9,11,15-16H2,1-3H3/t20-/m0/s1. The Morgan fingerprint density at radius 2 is 2.09 bits per heavy atom. The van der Waals surface area contributed by atoms with Crippen LogP contribution >= 0.6 is 11.3 Å². The number of hydrogen-bond donors (Lipinski definition) is 0. The average Bonchev–Trinajstić information content (AvgIpc) is 3.48. The molecule has 0 unspecified atom stereocenters. The second-order valence-electron chi connectivity index (χ2n) is 8.03. The van der Waals surface area contributed by atoms with Gasteiger partial charge in [-0.2, -0.15) is 0 Å². The maximum atomic E-state index is 13.4. The van der Waals surface area contributed by atoms with Gasteiger partial charge in [-0.1, -0.05) is 17.7 Å². The van der Waals surface area contributed by atoms with E-state index in [0.717, 1.165) is 23.3 Å². The fourth-order valence-electron chi connectivity index (χ4n) is 4.14. The van der Waals surface area contributed by atoms with E-state index in [0.29, 0.717) is 19.7 Å². The van der Waals surface area contributed by atoms with Crippen LogP contribution in [0.5, 0.6) is 5.75 Å². The smallest absolute Gasteiger partial charge is 0.290 e. The van der Waals surface area contributed by atoms with Gasteiger partial charge in [-0.05, 0) is 68.0 Å². The van der Waals surface area contributed by atoms with Crippen LogP contribution in [0.3, 0.4) is 0 Å². The van der Waals surface area contributed by atoms with Crippen LogP contribution in [0.1, 0.15) is 45.1 Å². The molecule has 2 amide bonds. The lowest BCUT2D eigenvalue weighted by molar-refractivity contribution is -0.135. The van der Waals surface area contributed by atoms with Gasteiger partial charge < -0.3 is 19.0 Å². The lowest BCUT2D eigenvalue weighted by Crippen LogP contribution is -2.47. The molecule has 0 aliphatic carbocycles. The van der Waals surface area contributed by atoms with Gasteiger partial charge in [0.05, 0.1) is 12.3 Å². The van der Waals surface area contributed by atoms with Gasteiger partial charge in [-0.3, -0.25) is 9.59 Å². The van der Waals surface area contributed by atoms with Crippen molar-refractivity contribution in [2.45, 2.75) is 33.2 Å². The van der Waals surface area contributed by atoms with Gasteiger partial charge in [0.1, 0.15) is 18.9 Å². The highest BCUT2D eigenvalue weighted by molar-refractivity contribution is 7.10. The molecule has 4 rings (SSSR count). The third-order valence-corrected chi connectivity index (χ3v) is 6.87. The molecule has 1 aliphatic heterocycles. The van der Waals surface area contributed by atoms with E-state index >= 15 is 0 Å². The van der Waals surface area contributed by atoms with E-state index in [1.165, 1.54) is 21.6 Å². The van der Waals surface area contributed by atoms with Crippen molar-refractivity contribution in [3.63, 3.8) is 0 Å². The largest absolute Gasteiger partial charge is 0.491 e. The number of thiophene rings is 1. The van der Waals surface area contributed by atoms with Gasteiger partial charge in [0.2, 0.25) is 5.91 Å². The predicted octanol–water partition coefficient (Wildman–Crippen LogP) is 4.63. The van der Waals surface area contributed by atoms with E-state index in [-0.39, 0.29) is 30.2 Å². The van der Waals surface area contributed by atoms with Crippen molar-refractivity contribution in [1.82, 2.24) is 9.80 Å². The number of hydrogen-bond acceptors (Lipinski definition) is 5. The maximum Gasteiger partial charge on any atom is 0.290 e. The molecule has 2 aromatic heterocycles. The van der Waals surface area contributed by atoms with Crippen molar-refractivity contribution in [2.75, 3.05) is 26.2 Å². The topological polar surface area (TPSA) is 63.0 Å². The van der Waals surface area contributed by atoms with E-state index in [4.69, 9.17) is 9.15 Å². The van der Waals surface area contributed by atoms with Crippen molar-refractivity contribution in [2.24, 2.45) is 0 Å². The fraction of sp³-hybridized carbons (Fsp3) is 0.360. The first kappa shape index (κ1) is 22.1. The molecule has 0 N–H and O–H groups in total. The van der Waals surface area contributed by atoms with Crippen molar-refractivity contribution < 1.29 is 18.7 Å². The molecule has 3 heterocycles. The number of aryl methyl sites for hydroxylation is 2. The van der Waals surface area contributed by atoms with Gasteiger partial charge >= 0.3 is 0 Å². The summed E-state index contributed by atoms with van der Waals surface area (Å²) in [5.74, 6) is 0.710. The van der Waals surface area contributed by atoms with Crippen LogP contribution in [-0.4, -0.2) is 47.9 Å². The summed E-state index contributed by atoms with van der Waals surface area (Å²) in [6.07, 6.45) is 2.28. The fourth-order valence-corrected chi connectivity index (χ4v) is 5.07. The summed E-state index contributed by atoms with van der Waals surface area (Å²) in [5, 5.41) is 2.07. The quantitative estimate of drug-likeness (QED) is 0.525. The number of ether oxygens (including phenoxy) is 1. The minimum Gasteiger partial charge on any atom is -0.491 e. The Labute approximate surface area is 192 Å². The molecule has 0 spiro atoms. The number of nitrogens with zero attached hydrogens (tertiary/aromatic N) is 2.